The highest BCUT2D eigenvalue weighted by atomic mass is 16.5. The van der Waals surface area contributed by atoms with E-state index >= 15 is 0 Å². The molecule has 3 aromatic carbocycles. The van der Waals surface area contributed by atoms with Crippen molar-refractivity contribution in [2.24, 2.45) is 0 Å². The lowest BCUT2D eigenvalue weighted by atomic mass is 9.94. The summed E-state index contributed by atoms with van der Waals surface area (Å²) >= 11 is 0. The molecule has 0 aliphatic heterocycles. The van der Waals surface area contributed by atoms with E-state index in [0.29, 0.717) is 6.61 Å². The Labute approximate surface area is 123 Å². The normalized spacial score (nSPS) is 11.3. The van der Waals surface area contributed by atoms with Crippen molar-refractivity contribution >= 4 is 27.3 Å². The molecular formula is C19H16O2. The van der Waals surface area contributed by atoms with Crippen molar-refractivity contribution in [3.8, 4) is 0 Å². The third-order valence-electron chi connectivity index (χ3n) is 3.50. The Hall–Kier alpha value is -2.61. The maximum absolute atomic E-state index is 12.6. The number of benzene rings is 3. The molecule has 0 N–H and O–H groups in total. The molecule has 0 spiro atoms. The maximum atomic E-state index is 12.6. The van der Waals surface area contributed by atoms with Crippen molar-refractivity contribution in [2.75, 3.05) is 6.61 Å². The summed E-state index contributed by atoms with van der Waals surface area (Å²) in [6.07, 6.45) is 2.97. The number of fused-ring (bicyclic) bond motifs is 2. The van der Waals surface area contributed by atoms with Gasteiger partial charge in [0.2, 0.25) is 0 Å². The van der Waals surface area contributed by atoms with Crippen LogP contribution >= 0.6 is 0 Å². The molecule has 0 amide bonds. The minimum Gasteiger partial charge on any atom is -0.501 e. The Balaban J connectivity index is 2.27. The summed E-state index contributed by atoms with van der Waals surface area (Å²) in [5.41, 5.74) is 0.736. The van der Waals surface area contributed by atoms with Gasteiger partial charge in [-0.1, -0.05) is 48.5 Å². The zero-order chi connectivity index (χ0) is 14.7. The molecule has 0 aromatic heterocycles. The molecule has 0 radical (unpaired) electrons. The molecule has 2 heteroatoms. The Morgan fingerprint density at radius 1 is 1.00 bits per heavy atom. The van der Waals surface area contributed by atoms with Gasteiger partial charge in [-0.15, -0.1) is 0 Å². The predicted molar refractivity (Wildman–Crippen MR) is 86.6 cm³/mol. The monoisotopic (exact) mass is 276 g/mol. The second-order valence-electron chi connectivity index (χ2n) is 4.82. The van der Waals surface area contributed by atoms with Crippen LogP contribution in [0.3, 0.4) is 0 Å². The number of carbonyl (C=O) groups is 1. The second-order valence-corrected chi connectivity index (χ2v) is 4.82. The van der Waals surface area contributed by atoms with Gasteiger partial charge in [0, 0.05) is 11.6 Å². The first-order valence-corrected chi connectivity index (χ1v) is 7.04. The first-order chi connectivity index (χ1) is 10.3. The zero-order valence-electron chi connectivity index (χ0n) is 11.9. The fourth-order valence-corrected chi connectivity index (χ4v) is 2.57. The Morgan fingerprint density at radius 3 is 2.14 bits per heavy atom. The minimum absolute atomic E-state index is 0.0311. The average Bonchev–Trinajstić information content (AvgIpc) is 2.52. The molecule has 21 heavy (non-hydrogen) atoms. The molecule has 2 nitrogen and oxygen atoms in total. The van der Waals surface area contributed by atoms with Crippen LogP contribution in [0.1, 0.15) is 17.3 Å². The zero-order valence-corrected chi connectivity index (χ0v) is 11.9. The van der Waals surface area contributed by atoms with Crippen molar-refractivity contribution in [3.63, 3.8) is 0 Å². The molecule has 104 valence electrons. The number of allylic oxidation sites excluding steroid dienone is 1. The highest BCUT2D eigenvalue weighted by Crippen LogP contribution is 2.29. The quantitative estimate of drug-likeness (QED) is 0.298. The van der Waals surface area contributed by atoms with Gasteiger partial charge in [0.15, 0.2) is 5.78 Å². The second kappa shape index (κ2) is 5.80. The van der Waals surface area contributed by atoms with Crippen molar-refractivity contribution < 1.29 is 9.53 Å². The van der Waals surface area contributed by atoms with E-state index in [1.54, 1.807) is 0 Å². The summed E-state index contributed by atoms with van der Waals surface area (Å²) in [6, 6.07) is 18.1. The summed E-state index contributed by atoms with van der Waals surface area (Å²) in [7, 11) is 0. The molecule has 3 aromatic rings. The molecule has 0 aliphatic carbocycles. The van der Waals surface area contributed by atoms with Crippen LogP contribution < -0.4 is 0 Å². The molecule has 0 heterocycles. The van der Waals surface area contributed by atoms with Crippen molar-refractivity contribution in [3.05, 3.63) is 72.5 Å². The van der Waals surface area contributed by atoms with Gasteiger partial charge in [-0.05, 0) is 34.5 Å². The van der Waals surface area contributed by atoms with Gasteiger partial charge in [-0.2, -0.15) is 0 Å². The number of carbonyl (C=O) groups excluding carboxylic acids is 1. The highest BCUT2D eigenvalue weighted by Gasteiger charge is 2.12. The van der Waals surface area contributed by atoms with Crippen LogP contribution in [0.5, 0.6) is 0 Å². The summed E-state index contributed by atoms with van der Waals surface area (Å²) in [4.78, 5) is 12.6. The smallest absolute Gasteiger partial charge is 0.190 e. The van der Waals surface area contributed by atoms with E-state index in [1.165, 1.54) is 12.3 Å². The van der Waals surface area contributed by atoms with E-state index in [0.717, 1.165) is 27.1 Å². The van der Waals surface area contributed by atoms with Gasteiger partial charge in [-0.25, -0.2) is 0 Å². The van der Waals surface area contributed by atoms with Gasteiger partial charge < -0.3 is 4.74 Å². The van der Waals surface area contributed by atoms with Crippen LogP contribution in [0.4, 0.5) is 0 Å². The lowest BCUT2D eigenvalue weighted by Gasteiger charge is -2.09. The number of hydrogen-bond donors (Lipinski definition) is 0. The maximum Gasteiger partial charge on any atom is 0.190 e. The Kier molecular flexibility index (Phi) is 3.69. The van der Waals surface area contributed by atoms with Crippen LogP contribution in [0.2, 0.25) is 0 Å². The number of ether oxygens (including phenoxy) is 1. The van der Waals surface area contributed by atoms with Gasteiger partial charge in [0.25, 0.3) is 0 Å². The standard InChI is InChI=1S/C19H16O2/c1-2-21-12-11-18(20)19-16-9-5-3-7-14(16)13-15-8-4-6-10-17(15)19/h3-13H,2H2,1H3/b12-11+. The van der Waals surface area contributed by atoms with E-state index in [2.05, 4.69) is 6.07 Å². The SMILES string of the molecule is CCO/C=C/C(=O)c1c2ccccc2cc2ccccc12. The molecule has 0 saturated heterocycles. The Bertz CT molecular complexity index is 777. The van der Waals surface area contributed by atoms with E-state index in [4.69, 9.17) is 4.74 Å². The molecule has 0 fully saturated rings. The van der Waals surface area contributed by atoms with E-state index in [-0.39, 0.29) is 5.78 Å². The molecule has 0 bridgehead atoms. The predicted octanol–water partition coefficient (Wildman–Crippen LogP) is 4.73. The van der Waals surface area contributed by atoms with Crippen molar-refractivity contribution in [1.82, 2.24) is 0 Å². The molecule has 0 atom stereocenters. The highest BCUT2D eigenvalue weighted by molar-refractivity contribution is 6.22. The van der Waals surface area contributed by atoms with E-state index in [9.17, 15) is 4.79 Å². The molecule has 0 unspecified atom stereocenters. The van der Waals surface area contributed by atoms with E-state index < -0.39 is 0 Å². The fourth-order valence-electron chi connectivity index (χ4n) is 2.57. The summed E-state index contributed by atoms with van der Waals surface area (Å²) in [5.74, 6) is -0.0311. The largest absolute Gasteiger partial charge is 0.501 e. The van der Waals surface area contributed by atoms with Crippen molar-refractivity contribution in [2.45, 2.75) is 6.92 Å². The first kappa shape index (κ1) is 13.4. The topological polar surface area (TPSA) is 26.3 Å². The van der Waals surface area contributed by atoms with Crippen LogP contribution in [0.15, 0.2) is 66.9 Å². The van der Waals surface area contributed by atoms with Gasteiger partial charge in [-0.3, -0.25) is 4.79 Å². The first-order valence-electron chi connectivity index (χ1n) is 7.04. The van der Waals surface area contributed by atoms with Crippen LogP contribution in [-0.4, -0.2) is 12.4 Å². The lowest BCUT2D eigenvalue weighted by Crippen LogP contribution is -1.98. The van der Waals surface area contributed by atoms with Crippen LogP contribution in [0, 0.1) is 0 Å². The third kappa shape index (κ3) is 2.52. The third-order valence-corrected chi connectivity index (χ3v) is 3.50. The summed E-state index contributed by atoms with van der Waals surface area (Å²) in [6.45, 7) is 2.45. The van der Waals surface area contributed by atoms with Crippen molar-refractivity contribution in [1.29, 1.82) is 0 Å². The van der Waals surface area contributed by atoms with Gasteiger partial charge >= 0.3 is 0 Å². The molecule has 3 rings (SSSR count). The molecule has 0 saturated carbocycles. The number of ketones is 1. The fraction of sp³-hybridized carbons (Fsp3) is 0.105. The minimum atomic E-state index is -0.0311. The van der Waals surface area contributed by atoms with Gasteiger partial charge in [0.1, 0.15) is 0 Å². The van der Waals surface area contributed by atoms with Gasteiger partial charge in [0.05, 0.1) is 12.9 Å². The van der Waals surface area contributed by atoms with Crippen LogP contribution in [-0.2, 0) is 4.74 Å². The number of rotatable bonds is 4. The number of hydrogen-bond acceptors (Lipinski definition) is 2. The average molecular weight is 276 g/mol. The Morgan fingerprint density at radius 2 is 1.57 bits per heavy atom. The summed E-state index contributed by atoms with van der Waals surface area (Å²) in [5, 5.41) is 4.10. The van der Waals surface area contributed by atoms with Crippen LogP contribution in [0.25, 0.3) is 21.5 Å². The molecular weight excluding hydrogens is 260 g/mol. The molecule has 0 aliphatic rings. The summed E-state index contributed by atoms with van der Waals surface area (Å²) < 4.78 is 5.15. The van der Waals surface area contributed by atoms with E-state index in [1.807, 2.05) is 55.5 Å². The lowest BCUT2D eigenvalue weighted by molar-refractivity contribution is 0.104.